The molecule has 0 unspecified atom stereocenters. The van der Waals surface area contributed by atoms with Crippen molar-refractivity contribution in [2.75, 3.05) is 0 Å². The molecule has 0 aliphatic carbocycles. The van der Waals surface area contributed by atoms with Gasteiger partial charge in [0.05, 0.1) is 0 Å². The van der Waals surface area contributed by atoms with E-state index in [-0.39, 0.29) is 0 Å². The zero-order valence-corrected chi connectivity index (χ0v) is 16.2. The molecule has 0 fully saturated rings. The van der Waals surface area contributed by atoms with Gasteiger partial charge in [-0.05, 0) is 62.6 Å². The predicted molar refractivity (Wildman–Crippen MR) is 107 cm³/mol. The van der Waals surface area contributed by atoms with Crippen molar-refractivity contribution in [2.45, 2.75) is 34.2 Å². The second kappa shape index (κ2) is 7.62. The third-order valence-corrected chi connectivity index (χ3v) is 4.64. The Morgan fingerprint density at radius 2 is 1.52 bits per heavy atom. The molecule has 0 saturated carbocycles. The fourth-order valence-corrected chi connectivity index (χ4v) is 3.45. The lowest BCUT2D eigenvalue weighted by Crippen LogP contribution is -2.30. The van der Waals surface area contributed by atoms with Crippen molar-refractivity contribution in [3.63, 3.8) is 0 Å². The molecule has 1 aromatic heterocycles. The number of hydrogen-bond acceptors (Lipinski definition) is 2. The van der Waals surface area contributed by atoms with Gasteiger partial charge < -0.3 is 9.88 Å². The van der Waals surface area contributed by atoms with Crippen molar-refractivity contribution >= 4 is 11.7 Å². The number of nitrogens with one attached hydrogen (secondary N) is 1. The first kappa shape index (κ1) is 18.6. The topological polar surface area (TPSA) is 51.1 Å². The molecule has 0 aliphatic rings. The van der Waals surface area contributed by atoms with E-state index in [0.29, 0.717) is 12.1 Å². The van der Waals surface area contributed by atoms with E-state index < -0.39 is 11.7 Å². The van der Waals surface area contributed by atoms with Crippen LogP contribution < -0.4 is 5.32 Å². The molecule has 3 rings (SSSR count). The minimum Gasteiger partial charge on any atom is -0.345 e. The Balaban J connectivity index is 1.84. The largest absolute Gasteiger partial charge is 0.345 e. The molecule has 0 atom stereocenters. The van der Waals surface area contributed by atoms with Gasteiger partial charge in [0.15, 0.2) is 0 Å². The number of carbonyl (C=O) groups excluding carboxylic acids is 2. The van der Waals surface area contributed by atoms with Gasteiger partial charge >= 0.3 is 0 Å². The third-order valence-electron chi connectivity index (χ3n) is 4.64. The highest BCUT2D eigenvalue weighted by Gasteiger charge is 2.22. The summed E-state index contributed by atoms with van der Waals surface area (Å²) in [6.07, 6.45) is 0. The Labute approximate surface area is 159 Å². The van der Waals surface area contributed by atoms with Crippen molar-refractivity contribution in [2.24, 2.45) is 0 Å². The summed E-state index contributed by atoms with van der Waals surface area (Å²) in [6, 6.07) is 17.6. The highest BCUT2D eigenvalue weighted by molar-refractivity contribution is 6.43. The van der Waals surface area contributed by atoms with Crippen LogP contribution in [0.25, 0.3) is 5.69 Å². The fourth-order valence-electron chi connectivity index (χ4n) is 3.45. The van der Waals surface area contributed by atoms with Crippen LogP contribution in [0.15, 0.2) is 54.6 Å². The molecule has 1 N–H and O–H groups in total. The van der Waals surface area contributed by atoms with Gasteiger partial charge in [0.2, 0.25) is 0 Å². The molecule has 3 aromatic rings. The Morgan fingerprint density at radius 3 is 2.15 bits per heavy atom. The SMILES string of the molecule is Cc1cc(C)cc(-n2c(C)cc(C(=O)C(=O)NCc3ccccc3)c2C)c1. The molecule has 0 aliphatic heterocycles. The summed E-state index contributed by atoms with van der Waals surface area (Å²) in [5.74, 6) is -1.09. The number of carbonyl (C=O) groups is 2. The van der Waals surface area contributed by atoms with Gasteiger partial charge in [0.25, 0.3) is 11.7 Å². The quantitative estimate of drug-likeness (QED) is 0.547. The standard InChI is InChI=1S/C23H24N2O2/c1-15-10-16(2)12-20(11-15)25-17(3)13-21(18(25)4)22(26)23(27)24-14-19-8-6-5-7-9-19/h5-13H,14H2,1-4H3,(H,24,27). The van der Waals surface area contributed by atoms with Crippen LogP contribution in [0.2, 0.25) is 0 Å². The van der Waals surface area contributed by atoms with E-state index in [1.54, 1.807) is 6.07 Å². The Hall–Kier alpha value is -3.14. The number of ketones is 1. The Bertz CT molecular complexity index is 980. The van der Waals surface area contributed by atoms with E-state index in [1.807, 2.05) is 62.6 Å². The average Bonchev–Trinajstić information content (AvgIpc) is 2.93. The molecule has 4 heteroatoms. The van der Waals surface area contributed by atoms with Crippen LogP contribution in [0.5, 0.6) is 0 Å². The van der Waals surface area contributed by atoms with Crippen molar-refractivity contribution < 1.29 is 9.59 Å². The summed E-state index contributed by atoms with van der Waals surface area (Å²) in [5.41, 5.74) is 6.42. The summed E-state index contributed by atoms with van der Waals surface area (Å²) >= 11 is 0. The molecule has 0 bridgehead atoms. The molecule has 1 amide bonds. The van der Waals surface area contributed by atoms with Gasteiger partial charge in [-0.2, -0.15) is 0 Å². The average molecular weight is 360 g/mol. The van der Waals surface area contributed by atoms with Crippen molar-refractivity contribution in [3.8, 4) is 5.69 Å². The second-order valence-corrected chi connectivity index (χ2v) is 6.96. The minimum atomic E-state index is -0.584. The minimum absolute atomic E-state index is 0.335. The van der Waals surface area contributed by atoms with Crippen LogP contribution in [0.4, 0.5) is 0 Å². The van der Waals surface area contributed by atoms with Crippen molar-refractivity contribution in [3.05, 3.63) is 88.2 Å². The van der Waals surface area contributed by atoms with Gasteiger partial charge in [-0.25, -0.2) is 0 Å². The number of benzene rings is 2. The number of aromatic nitrogens is 1. The Morgan fingerprint density at radius 1 is 0.889 bits per heavy atom. The van der Waals surface area contributed by atoms with Crippen molar-refractivity contribution in [1.29, 1.82) is 0 Å². The van der Waals surface area contributed by atoms with Crippen LogP contribution in [0.3, 0.4) is 0 Å². The summed E-state index contributed by atoms with van der Waals surface area (Å²) in [5, 5.41) is 2.71. The van der Waals surface area contributed by atoms with Gasteiger partial charge in [-0.15, -0.1) is 0 Å². The lowest BCUT2D eigenvalue weighted by atomic mass is 10.1. The molecule has 4 nitrogen and oxygen atoms in total. The Kier molecular flexibility index (Phi) is 5.26. The molecule has 0 spiro atoms. The second-order valence-electron chi connectivity index (χ2n) is 6.96. The van der Waals surface area contributed by atoms with E-state index in [9.17, 15) is 9.59 Å². The van der Waals surface area contributed by atoms with Crippen LogP contribution in [-0.4, -0.2) is 16.3 Å². The number of nitrogens with zero attached hydrogens (tertiary/aromatic N) is 1. The van der Waals surface area contributed by atoms with Crippen molar-refractivity contribution in [1.82, 2.24) is 9.88 Å². The molecular formula is C23H24N2O2. The highest BCUT2D eigenvalue weighted by Crippen LogP contribution is 2.23. The maximum atomic E-state index is 12.7. The van der Waals surface area contributed by atoms with E-state index >= 15 is 0 Å². The molecule has 1 heterocycles. The van der Waals surface area contributed by atoms with Crippen LogP contribution in [0.1, 0.15) is 38.4 Å². The summed E-state index contributed by atoms with van der Waals surface area (Å²) in [6.45, 7) is 8.26. The van der Waals surface area contributed by atoms with E-state index in [0.717, 1.165) is 33.8 Å². The maximum absolute atomic E-state index is 12.7. The maximum Gasteiger partial charge on any atom is 0.292 e. The summed E-state index contributed by atoms with van der Waals surface area (Å²) in [7, 11) is 0. The van der Waals surface area contributed by atoms with E-state index in [4.69, 9.17) is 0 Å². The zero-order valence-electron chi connectivity index (χ0n) is 16.2. The first-order valence-corrected chi connectivity index (χ1v) is 9.01. The monoisotopic (exact) mass is 360 g/mol. The molecule has 138 valence electrons. The number of hydrogen-bond donors (Lipinski definition) is 1. The lowest BCUT2D eigenvalue weighted by Gasteiger charge is -2.12. The number of rotatable bonds is 5. The van der Waals surface area contributed by atoms with Crippen LogP contribution >= 0.6 is 0 Å². The molecular weight excluding hydrogens is 336 g/mol. The predicted octanol–water partition coefficient (Wildman–Crippen LogP) is 4.21. The number of aryl methyl sites for hydroxylation is 3. The van der Waals surface area contributed by atoms with Gasteiger partial charge in [-0.3, -0.25) is 9.59 Å². The first-order chi connectivity index (χ1) is 12.9. The normalized spacial score (nSPS) is 10.7. The van der Waals surface area contributed by atoms with E-state index in [1.165, 1.54) is 0 Å². The fraction of sp³-hybridized carbons (Fsp3) is 0.217. The summed E-state index contributed by atoms with van der Waals surface area (Å²) < 4.78 is 2.03. The molecule has 2 aromatic carbocycles. The third kappa shape index (κ3) is 4.00. The molecule has 0 radical (unpaired) electrons. The smallest absolute Gasteiger partial charge is 0.292 e. The number of Topliss-reactive ketones (excluding diaryl/α,β-unsaturated/α-hetero) is 1. The van der Waals surface area contributed by atoms with Gasteiger partial charge in [-0.1, -0.05) is 36.4 Å². The molecule has 0 saturated heterocycles. The summed E-state index contributed by atoms with van der Waals surface area (Å²) in [4.78, 5) is 25.1. The molecule has 27 heavy (non-hydrogen) atoms. The highest BCUT2D eigenvalue weighted by atomic mass is 16.2. The van der Waals surface area contributed by atoms with Gasteiger partial charge in [0, 0.05) is 29.2 Å². The zero-order chi connectivity index (χ0) is 19.6. The first-order valence-electron chi connectivity index (χ1n) is 9.01. The van der Waals surface area contributed by atoms with E-state index in [2.05, 4.69) is 23.5 Å². The number of amides is 1. The van der Waals surface area contributed by atoms with Gasteiger partial charge in [0.1, 0.15) is 0 Å². The van der Waals surface area contributed by atoms with Crippen LogP contribution in [0, 0.1) is 27.7 Å². The lowest BCUT2D eigenvalue weighted by molar-refractivity contribution is -0.117. The van der Waals surface area contributed by atoms with Crippen LogP contribution in [-0.2, 0) is 11.3 Å².